The summed E-state index contributed by atoms with van der Waals surface area (Å²) in [5, 5.41) is 9.75. The molecule has 0 atom stereocenters. The predicted octanol–water partition coefficient (Wildman–Crippen LogP) is 3.79. The highest BCUT2D eigenvalue weighted by Gasteiger charge is 2.04. The van der Waals surface area contributed by atoms with Gasteiger partial charge in [-0.3, -0.25) is 0 Å². The molecule has 3 heteroatoms. The van der Waals surface area contributed by atoms with E-state index in [0.717, 1.165) is 11.1 Å². The molecule has 2 nitrogen and oxygen atoms in total. The topological polar surface area (TPSA) is 29.5 Å². The number of phenols is 1. The van der Waals surface area contributed by atoms with Crippen molar-refractivity contribution in [3.8, 4) is 22.6 Å². The maximum atomic E-state index is 9.75. The monoisotopic (exact) mass is 246 g/mol. The number of methoxy groups -OCH3 is 1. The third kappa shape index (κ3) is 2.56. The summed E-state index contributed by atoms with van der Waals surface area (Å²) in [6.07, 6.45) is 2.05. The standard InChI is InChI=1S/C14H14O2S/c1-16-14-7-6-11(9-13(14)15)10-4-3-5-12(8-10)17-2/h3-9,15H,1-2H3. The third-order valence-corrected chi connectivity index (χ3v) is 3.31. The Morgan fingerprint density at radius 2 is 1.82 bits per heavy atom. The molecule has 0 fully saturated rings. The van der Waals surface area contributed by atoms with Crippen LogP contribution in [0.25, 0.3) is 11.1 Å². The van der Waals surface area contributed by atoms with E-state index in [0.29, 0.717) is 5.75 Å². The summed E-state index contributed by atoms with van der Waals surface area (Å²) >= 11 is 1.70. The summed E-state index contributed by atoms with van der Waals surface area (Å²) < 4.78 is 5.03. The number of hydrogen-bond donors (Lipinski definition) is 1. The lowest BCUT2D eigenvalue weighted by Gasteiger charge is -2.07. The van der Waals surface area contributed by atoms with Crippen molar-refractivity contribution in [3.63, 3.8) is 0 Å². The molecule has 2 rings (SSSR count). The summed E-state index contributed by atoms with van der Waals surface area (Å²) in [6, 6.07) is 13.7. The first kappa shape index (κ1) is 11.9. The lowest BCUT2D eigenvalue weighted by atomic mass is 10.1. The van der Waals surface area contributed by atoms with Gasteiger partial charge in [-0.15, -0.1) is 11.8 Å². The van der Waals surface area contributed by atoms with Gasteiger partial charge in [0.25, 0.3) is 0 Å². The van der Waals surface area contributed by atoms with Crippen LogP contribution in [-0.2, 0) is 0 Å². The largest absolute Gasteiger partial charge is 0.504 e. The van der Waals surface area contributed by atoms with E-state index in [1.54, 1.807) is 31.0 Å². The van der Waals surface area contributed by atoms with E-state index < -0.39 is 0 Å². The van der Waals surface area contributed by atoms with Gasteiger partial charge in [0.1, 0.15) is 0 Å². The minimum absolute atomic E-state index is 0.166. The number of phenolic OH excluding ortho intramolecular Hbond substituents is 1. The first-order chi connectivity index (χ1) is 8.24. The van der Waals surface area contributed by atoms with E-state index in [1.807, 2.05) is 24.5 Å². The van der Waals surface area contributed by atoms with Gasteiger partial charge in [-0.05, 0) is 41.6 Å². The Morgan fingerprint density at radius 1 is 1.06 bits per heavy atom. The average Bonchev–Trinajstić information content (AvgIpc) is 2.38. The zero-order chi connectivity index (χ0) is 12.3. The van der Waals surface area contributed by atoms with Crippen LogP contribution in [0.1, 0.15) is 0 Å². The Kier molecular flexibility index (Phi) is 3.59. The normalized spacial score (nSPS) is 10.2. The second-order valence-corrected chi connectivity index (χ2v) is 4.50. The maximum Gasteiger partial charge on any atom is 0.160 e. The van der Waals surface area contributed by atoms with Crippen LogP contribution in [0.2, 0.25) is 0 Å². The molecule has 0 aliphatic rings. The van der Waals surface area contributed by atoms with Crippen molar-refractivity contribution >= 4 is 11.8 Å². The summed E-state index contributed by atoms with van der Waals surface area (Å²) in [5.41, 5.74) is 2.08. The van der Waals surface area contributed by atoms with Gasteiger partial charge in [-0.25, -0.2) is 0 Å². The van der Waals surface area contributed by atoms with Crippen molar-refractivity contribution < 1.29 is 9.84 Å². The third-order valence-electron chi connectivity index (χ3n) is 2.58. The Bertz CT molecular complexity index is 523. The molecule has 2 aromatic rings. The number of benzene rings is 2. The molecule has 2 aromatic carbocycles. The molecule has 0 saturated heterocycles. The van der Waals surface area contributed by atoms with Crippen LogP contribution in [0.5, 0.6) is 11.5 Å². The summed E-state index contributed by atoms with van der Waals surface area (Å²) in [5.74, 6) is 0.661. The number of hydrogen-bond acceptors (Lipinski definition) is 3. The van der Waals surface area contributed by atoms with Gasteiger partial charge < -0.3 is 9.84 Å². The molecular formula is C14H14O2S. The van der Waals surface area contributed by atoms with Crippen molar-refractivity contribution in [2.24, 2.45) is 0 Å². The van der Waals surface area contributed by atoms with E-state index in [2.05, 4.69) is 12.1 Å². The SMILES string of the molecule is COc1ccc(-c2cccc(SC)c2)cc1O. The second-order valence-electron chi connectivity index (χ2n) is 3.62. The first-order valence-corrected chi connectivity index (χ1v) is 6.48. The van der Waals surface area contributed by atoms with Gasteiger partial charge in [0, 0.05) is 4.90 Å². The lowest BCUT2D eigenvalue weighted by Crippen LogP contribution is -1.84. The van der Waals surface area contributed by atoms with Gasteiger partial charge >= 0.3 is 0 Å². The Balaban J connectivity index is 2.42. The van der Waals surface area contributed by atoms with Crippen molar-refractivity contribution in [3.05, 3.63) is 42.5 Å². The zero-order valence-electron chi connectivity index (χ0n) is 9.81. The molecule has 0 aliphatic heterocycles. The Labute approximate surface area is 105 Å². The molecule has 0 bridgehead atoms. The van der Waals surface area contributed by atoms with Crippen LogP contribution in [-0.4, -0.2) is 18.5 Å². The molecule has 1 N–H and O–H groups in total. The quantitative estimate of drug-likeness (QED) is 0.835. The van der Waals surface area contributed by atoms with Gasteiger partial charge in [-0.2, -0.15) is 0 Å². The summed E-state index contributed by atoms with van der Waals surface area (Å²) in [6.45, 7) is 0. The number of thioether (sulfide) groups is 1. The van der Waals surface area contributed by atoms with Crippen LogP contribution < -0.4 is 4.74 Å². The molecule has 0 radical (unpaired) electrons. The number of ether oxygens (including phenoxy) is 1. The Hall–Kier alpha value is -1.61. The van der Waals surface area contributed by atoms with Crippen LogP contribution in [0.15, 0.2) is 47.4 Å². The predicted molar refractivity (Wildman–Crippen MR) is 71.9 cm³/mol. The molecule has 0 unspecified atom stereocenters. The first-order valence-electron chi connectivity index (χ1n) is 5.26. The summed E-state index contributed by atoms with van der Waals surface area (Å²) in [7, 11) is 1.54. The minimum atomic E-state index is 0.166. The van der Waals surface area contributed by atoms with Crippen LogP contribution in [0, 0.1) is 0 Å². The summed E-state index contributed by atoms with van der Waals surface area (Å²) in [4.78, 5) is 1.21. The highest BCUT2D eigenvalue weighted by atomic mass is 32.2. The van der Waals surface area contributed by atoms with E-state index in [4.69, 9.17) is 4.74 Å². The molecule has 0 spiro atoms. The van der Waals surface area contributed by atoms with Crippen molar-refractivity contribution in [1.29, 1.82) is 0 Å². The zero-order valence-corrected chi connectivity index (χ0v) is 10.6. The second kappa shape index (κ2) is 5.15. The fraction of sp³-hybridized carbons (Fsp3) is 0.143. The molecule has 0 amide bonds. The van der Waals surface area contributed by atoms with Crippen molar-refractivity contribution in [1.82, 2.24) is 0 Å². The molecule has 0 heterocycles. The lowest BCUT2D eigenvalue weighted by molar-refractivity contribution is 0.373. The minimum Gasteiger partial charge on any atom is -0.504 e. The van der Waals surface area contributed by atoms with Gasteiger partial charge in [0.15, 0.2) is 11.5 Å². The molecule has 17 heavy (non-hydrogen) atoms. The highest BCUT2D eigenvalue weighted by molar-refractivity contribution is 7.98. The van der Waals surface area contributed by atoms with E-state index in [9.17, 15) is 5.11 Å². The van der Waals surface area contributed by atoms with Crippen LogP contribution in [0.3, 0.4) is 0 Å². The molecule has 88 valence electrons. The fourth-order valence-corrected chi connectivity index (χ4v) is 2.13. The smallest absolute Gasteiger partial charge is 0.160 e. The molecular weight excluding hydrogens is 232 g/mol. The van der Waals surface area contributed by atoms with Gasteiger partial charge in [-0.1, -0.05) is 18.2 Å². The molecule has 0 aliphatic carbocycles. The van der Waals surface area contributed by atoms with Crippen LogP contribution >= 0.6 is 11.8 Å². The number of aromatic hydroxyl groups is 1. The molecule has 0 saturated carbocycles. The van der Waals surface area contributed by atoms with Gasteiger partial charge in [0.2, 0.25) is 0 Å². The highest BCUT2D eigenvalue weighted by Crippen LogP contribution is 2.32. The van der Waals surface area contributed by atoms with Crippen molar-refractivity contribution in [2.45, 2.75) is 4.90 Å². The maximum absolute atomic E-state index is 9.75. The van der Waals surface area contributed by atoms with E-state index in [-0.39, 0.29) is 5.75 Å². The Morgan fingerprint density at radius 3 is 2.47 bits per heavy atom. The van der Waals surface area contributed by atoms with Gasteiger partial charge in [0.05, 0.1) is 7.11 Å². The average molecular weight is 246 g/mol. The number of rotatable bonds is 3. The van der Waals surface area contributed by atoms with E-state index >= 15 is 0 Å². The van der Waals surface area contributed by atoms with E-state index in [1.165, 1.54) is 4.90 Å². The fourth-order valence-electron chi connectivity index (χ4n) is 1.67. The van der Waals surface area contributed by atoms with Crippen molar-refractivity contribution in [2.75, 3.05) is 13.4 Å². The molecule has 0 aromatic heterocycles. The van der Waals surface area contributed by atoms with Crippen LogP contribution in [0.4, 0.5) is 0 Å².